The summed E-state index contributed by atoms with van der Waals surface area (Å²) in [4.78, 5) is 0. The predicted octanol–water partition coefficient (Wildman–Crippen LogP) is 9.22. The van der Waals surface area contributed by atoms with Crippen LogP contribution in [0.3, 0.4) is 0 Å². The van der Waals surface area contributed by atoms with Crippen LogP contribution < -0.4 is 0 Å². The molecule has 1 saturated heterocycles. The summed E-state index contributed by atoms with van der Waals surface area (Å²) >= 11 is 0. The molecule has 0 spiro atoms. The summed E-state index contributed by atoms with van der Waals surface area (Å²) in [6.07, 6.45) is 7.16. The Morgan fingerprint density at radius 2 is 1.50 bits per heavy atom. The summed E-state index contributed by atoms with van der Waals surface area (Å²) in [6.45, 7) is 3.77. The summed E-state index contributed by atoms with van der Waals surface area (Å²) in [5, 5.41) is 0. The van der Waals surface area contributed by atoms with Gasteiger partial charge in [0.25, 0.3) is 0 Å². The van der Waals surface area contributed by atoms with E-state index in [1.165, 1.54) is 37.8 Å². The Balaban J connectivity index is 1.43. The number of alkyl halides is 1. The van der Waals surface area contributed by atoms with Crippen molar-refractivity contribution >= 4 is 11.7 Å². The zero-order valence-corrected chi connectivity index (χ0v) is 21.2. The Morgan fingerprint density at radius 3 is 2.08 bits per heavy atom. The summed E-state index contributed by atoms with van der Waals surface area (Å²) in [5.74, 6) is -2.05. The van der Waals surface area contributed by atoms with Gasteiger partial charge in [-0.15, -0.1) is 0 Å². The molecule has 0 radical (unpaired) electrons. The zero-order valence-electron chi connectivity index (χ0n) is 21.2. The SMILES string of the molecule is CCCC1CCC(c2ccc(C(F)=C(F)c3ccc(C4OCC(F)(CCC)CO4)cc3F)cc2)CC1. The molecular weight excluding hydrogens is 468 g/mol. The number of rotatable bonds is 8. The molecule has 36 heavy (non-hydrogen) atoms. The highest BCUT2D eigenvalue weighted by molar-refractivity contribution is 5.83. The topological polar surface area (TPSA) is 18.5 Å². The summed E-state index contributed by atoms with van der Waals surface area (Å²) < 4.78 is 70.1. The Morgan fingerprint density at radius 1 is 0.861 bits per heavy atom. The molecule has 196 valence electrons. The van der Waals surface area contributed by atoms with E-state index in [2.05, 4.69) is 6.92 Å². The van der Waals surface area contributed by atoms with E-state index in [-0.39, 0.29) is 18.8 Å². The van der Waals surface area contributed by atoms with Crippen molar-refractivity contribution in [3.63, 3.8) is 0 Å². The summed E-state index contributed by atoms with van der Waals surface area (Å²) in [7, 11) is 0. The average Bonchev–Trinajstić information content (AvgIpc) is 2.89. The van der Waals surface area contributed by atoms with Gasteiger partial charge in [0, 0.05) is 16.7 Å². The molecule has 2 aromatic carbocycles. The highest BCUT2D eigenvalue weighted by Gasteiger charge is 2.37. The minimum Gasteiger partial charge on any atom is -0.345 e. The van der Waals surface area contributed by atoms with Crippen LogP contribution in [0, 0.1) is 11.7 Å². The first-order valence-electron chi connectivity index (χ1n) is 13.2. The first-order chi connectivity index (χ1) is 17.3. The van der Waals surface area contributed by atoms with Crippen LogP contribution in [0.15, 0.2) is 42.5 Å². The van der Waals surface area contributed by atoms with Crippen LogP contribution in [0.4, 0.5) is 17.6 Å². The first-order valence-corrected chi connectivity index (χ1v) is 13.2. The van der Waals surface area contributed by atoms with Crippen molar-refractivity contribution in [2.75, 3.05) is 13.2 Å². The maximum Gasteiger partial charge on any atom is 0.184 e. The van der Waals surface area contributed by atoms with Gasteiger partial charge in [0.05, 0.1) is 13.2 Å². The Labute approximate surface area is 211 Å². The lowest BCUT2D eigenvalue weighted by Crippen LogP contribution is -2.41. The third-order valence-corrected chi connectivity index (χ3v) is 7.56. The van der Waals surface area contributed by atoms with Crippen LogP contribution in [0.1, 0.15) is 99.7 Å². The largest absolute Gasteiger partial charge is 0.345 e. The summed E-state index contributed by atoms with van der Waals surface area (Å²) in [6, 6.07) is 10.5. The molecule has 0 atom stereocenters. The lowest BCUT2D eigenvalue weighted by atomic mass is 9.77. The highest BCUT2D eigenvalue weighted by Crippen LogP contribution is 2.39. The molecule has 2 aliphatic rings. The van der Waals surface area contributed by atoms with Gasteiger partial charge in [-0.3, -0.25) is 0 Å². The van der Waals surface area contributed by atoms with E-state index in [4.69, 9.17) is 9.47 Å². The molecule has 0 unspecified atom stereocenters. The smallest absolute Gasteiger partial charge is 0.184 e. The molecule has 1 aliphatic heterocycles. The van der Waals surface area contributed by atoms with Gasteiger partial charge in [0.1, 0.15) is 5.82 Å². The maximum atomic E-state index is 15.0. The van der Waals surface area contributed by atoms with Crippen molar-refractivity contribution in [2.45, 2.75) is 83.1 Å². The van der Waals surface area contributed by atoms with Crippen molar-refractivity contribution in [1.29, 1.82) is 0 Å². The summed E-state index contributed by atoms with van der Waals surface area (Å²) in [5.41, 5.74) is -0.530. The van der Waals surface area contributed by atoms with E-state index in [0.29, 0.717) is 24.3 Å². The van der Waals surface area contributed by atoms with Gasteiger partial charge in [0.15, 0.2) is 23.6 Å². The number of halogens is 4. The quantitative estimate of drug-likeness (QED) is 0.263. The molecule has 4 rings (SSSR count). The Kier molecular flexibility index (Phi) is 8.89. The number of hydrogen-bond donors (Lipinski definition) is 0. The highest BCUT2D eigenvalue weighted by atomic mass is 19.2. The molecule has 0 bridgehead atoms. The fourth-order valence-electron chi connectivity index (χ4n) is 5.52. The van der Waals surface area contributed by atoms with Crippen LogP contribution in [0.25, 0.3) is 11.7 Å². The van der Waals surface area contributed by atoms with E-state index in [9.17, 15) is 17.6 Å². The number of benzene rings is 2. The van der Waals surface area contributed by atoms with E-state index in [1.54, 1.807) is 12.1 Å². The van der Waals surface area contributed by atoms with Crippen LogP contribution in [0.5, 0.6) is 0 Å². The fraction of sp³-hybridized carbons (Fsp3) is 0.533. The van der Waals surface area contributed by atoms with Crippen molar-refractivity contribution in [2.24, 2.45) is 5.92 Å². The zero-order chi connectivity index (χ0) is 25.7. The molecule has 0 amide bonds. The molecule has 1 aliphatic carbocycles. The van der Waals surface area contributed by atoms with Crippen LogP contribution in [-0.2, 0) is 9.47 Å². The lowest BCUT2D eigenvalue weighted by molar-refractivity contribution is -0.239. The van der Waals surface area contributed by atoms with Gasteiger partial charge in [-0.1, -0.05) is 63.4 Å². The minimum absolute atomic E-state index is 0.0774. The fourth-order valence-corrected chi connectivity index (χ4v) is 5.52. The van der Waals surface area contributed by atoms with E-state index < -0.39 is 35.0 Å². The normalized spacial score (nSPS) is 27.6. The second kappa shape index (κ2) is 11.9. The standard InChI is InChI=1S/C30H36F4O2/c1-3-5-20-6-8-21(9-7-20)22-10-12-23(13-11-22)27(32)28(33)25-15-14-24(17-26(25)31)29-35-18-30(34,16-4-2)19-36-29/h10-15,17,20-21,29H,3-9,16,18-19H2,1-2H3. The van der Waals surface area contributed by atoms with Gasteiger partial charge in [0.2, 0.25) is 0 Å². The minimum atomic E-state index is -1.56. The van der Waals surface area contributed by atoms with Crippen molar-refractivity contribution in [1.82, 2.24) is 0 Å². The third-order valence-electron chi connectivity index (χ3n) is 7.56. The van der Waals surface area contributed by atoms with Crippen molar-refractivity contribution in [3.8, 4) is 0 Å². The van der Waals surface area contributed by atoms with E-state index in [0.717, 1.165) is 30.4 Å². The molecule has 1 saturated carbocycles. The van der Waals surface area contributed by atoms with Gasteiger partial charge < -0.3 is 9.47 Å². The van der Waals surface area contributed by atoms with Crippen molar-refractivity contribution in [3.05, 3.63) is 70.5 Å². The molecule has 0 N–H and O–H groups in total. The molecule has 2 fully saturated rings. The molecule has 6 heteroatoms. The van der Waals surface area contributed by atoms with Gasteiger partial charge in [-0.25, -0.2) is 17.6 Å². The number of ether oxygens (including phenoxy) is 2. The van der Waals surface area contributed by atoms with Crippen molar-refractivity contribution < 1.29 is 27.0 Å². The second-order valence-electron chi connectivity index (χ2n) is 10.4. The monoisotopic (exact) mass is 504 g/mol. The third kappa shape index (κ3) is 6.20. The molecule has 0 aromatic heterocycles. The van der Waals surface area contributed by atoms with Crippen LogP contribution >= 0.6 is 0 Å². The Hall–Kier alpha value is -2.18. The van der Waals surface area contributed by atoms with Crippen LogP contribution in [-0.4, -0.2) is 18.9 Å². The lowest BCUT2D eigenvalue weighted by Gasteiger charge is -2.34. The average molecular weight is 505 g/mol. The Bertz CT molecular complexity index is 1030. The van der Waals surface area contributed by atoms with Crippen LogP contribution in [0.2, 0.25) is 0 Å². The molecule has 2 nitrogen and oxygen atoms in total. The molecular formula is C30H36F4O2. The number of hydrogen-bond acceptors (Lipinski definition) is 2. The predicted molar refractivity (Wildman–Crippen MR) is 135 cm³/mol. The molecule has 2 aromatic rings. The van der Waals surface area contributed by atoms with Gasteiger partial charge in [-0.2, -0.15) is 0 Å². The van der Waals surface area contributed by atoms with Gasteiger partial charge in [-0.05, 0) is 61.6 Å². The van der Waals surface area contributed by atoms with E-state index >= 15 is 0 Å². The maximum absolute atomic E-state index is 15.0. The molecule has 1 heterocycles. The first kappa shape index (κ1) is 26.9. The van der Waals surface area contributed by atoms with Gasteiger partial charge >= 0.3 is 0 Å². The van der Waals surface area contributed by atoms with E-state index in [1.807, 2.05) is 19.1 Å². The second-order valence-corrected chi connectivity index (χ2v) is 10.4.